The molecule has 2 heterocycles. The van der Waals surface area contributed by atoms with Crippen LogP contribution in [0.4, 0.5) is 13.2 Å². The van der Waals surface area contributed by atoms with Gasteiger partial charge in [-0.15, -0.1) is 11.3 Å². The Balaban J connectivity index is 1.60. The van der Waals surface area contributed by atoms with Gasteiger partial charge in [-0.2, -0.15) is 17.5 Å². The van der Waals surface area contributed by atoms with Crippen LogP contribution < -0.4 is 0 Å². The number of amides is 1. The number of benzene rings is 1. The quantitative estimate of drug-likeness (QED) is 0.723. The Labute approximate surface area is 171 Å². The predicted molar refractivity (Wildman–Crippen MR) is 104 cm³/mol. The second-order valence-electron chi connectivity index (χ2n) is 6.93. The third kappa shape index (κ3) is 4.81. The number of carbonyl (C=O) groups is 1. The smallest absolute Gasteiger partial charge is 0.340 e. The van der Waals surface area contributed by atoms with E-state index in [1.807, 2.05) is 6.92 Å². The highest BCUT2D eigenvalue weighted by molar-refractivity contribution is 7.89. The van der Waals surface area contributed by atoms with Gasteiger partial charge in [0.15, 0.2) is 0 Å². The van der Waals surface area contributed by atoms with Gasteiger partial charge in [-0.1, -0.05) is 12.1 Å². The van der Waals surface area contributed by atoms with Crippen molar-refractivity contribution in [1.82, 2.24) is 9.21 Å². The number of thiophene rings is 1. The lowest BCUT2D eigenvalue weighted by Crippen LogP contribution is -2.50. The second kappa shape index (κ2) is 8.08. The molecular formula is C19H21F3N2O3S2. The normalized spacial score (nSPS) is 16.2. The van der Waals surface area contributed by atoms with Crippen LogP contribution in [0.2, 0.25) is 0 Å². The second-order valence-corrected chi connectivity index (χ2v) is 10.3. The fraction of sp³-hybridized carbons (Fsp3) is 0.421. The number of halogens is 3. The topological polar surface area (TPSA) is 57.7 Å². The zero-order valence-electron chi connectivity index (χ0n) is 16.0. The van der Waals surface area contributed by atoms with Crippen LogP contribution in [0.25, 0.3) is 0 Å². The number of alkyl halides is 3. The lowest BCUT2D eigenvalue weighted by atomic mass is 10.1. The van der Waals surface area contributed by atoms with Crippen LogP contribution >= 0.6 is 11.3 Å². The van der Waals surface area contributed by atoms with Gasteiger partial charge in [-0.3, -0.25) is 4.79 Å². The molecule has 158 valence electrons. The monoisotopic (exact) mass is 446 g/mol. The van der Waals surface area contributed by atoms with Gasteiger partial charge >= 0.3 is 6.18 Å². The first-order chi connectivity index (χ1) is 13.5. The van der Waals surface area contributed by atoms with Gasteiger partial charge < -0.3 is 4.90 Å². The first kappa shape index (κ1) is 21.8. The molecule has 1 saturated heterocycles. The number of hydrogen-bond acceptors (Lipinski definition) is 4. The lowest BCUT2D eigenvalue weighted by molar-refractivity contribution is -0.137. The highest BCUT2D eigenvalue weighted by Crippen LogP contribution is 2.30. The highest BCUT2D eigenvalue weighted by Gasteiger charge is 2.32. The Morgan fingerprint density at radius 1 is 1.07 bits per heavy atom. The Kier molecular flexibility index (Phi) is 6.07. The molecule has 1 amide bonds. The summed E-state index contributed by atoms with van der Waals surface area (Å²) in [5, 5.41) is 0. The van der Waals surface area contributed by atoms with E-state index in [-0.39, 0.29) is 38.5 Å². The average molecular weight is 447 g/mol. The van der Waals surface area contributed by atoms with Crippen LogP contribution in [0.3, 0.4) is 0 Å². The van der Waals surface area contributed by atoms with Crippen molar-refractivity contribution in [1.29, 1.82) is 0 Å². The van der Waals surface area contributed by atoms with Crippen molar-refractivity contribution >= 4 is 27.3 Å². The van der Waals surface area contributed by atoms with Crippen LogP contribution in [0.1, 0.15) is 20.9 Å². The van der Waals surface area contributed by atoms with Crippen molar-refractivity contribution in [3.8, 4) is 0 Å². The number of carbonyl (C=O) groups excluding carboxylic acids is 1. The maximum atomic E-state index is 12.8. The van der Waals surface area contributed by atoms with Crippen LogP contribution in [-0.4, -0.2) is 49.7 Å². The summed E-state index contributed by atoms with van der Waals surface area (Å²) in [7, 11) is -3.60. The van der Waals surface area contributed by atoms with Crippen molar-refractivity contribution in [2.45, 2.75) is 31.3 Å². The molecule has 29 heavy (non-hydrogen) atoms. The van der Waals surface area contributed by atoms with Crippen molar-refractivity contribution in [2.75, 3.05) is 26.2 Å². The van der Waals surface area contributed by atoms with E-state index in [1.54, 1.807) is 17.9 Å². The third-order valence-corrected chi connectivity index (χ3v) is 7.96. The van der Waals surface area contributed by atoms with Gasteiger partial charge in [0.25, 0.3) is 0 Å². The summed E-state index contributed by atoms with van der Waals surface area (Å²) in [6.07, 6.45) is -4.43. The molecule has 0 atom stereocenters. The van der Waals surface area contributed by atoms with Crippen LogP contribution in [0.5, 0.6) is 0 Å². The molecule has 1 aromatic heterocycles. The highest BCUT2D eigenvalue weighted by atomic mass is 32.2. The van der Waals surface area contributed by atoms with Crippen LogP contribution in [-0.2, 0) is 27.4 Å². The van der Waals surface area contributed by atoms with E-state index in [0.29, 0.717) is 10.5 Å². The van der Waals surface area contributed by atoms with E-state index in [2.05, 4.69) is 0 Å². The number of sulfonamides is 1. The van der Waals surface area contributed by atoms with Crippen molar-refractivity contribution in [3.05, 3.63) is 51.2 Å². The zero-order chi connectivity index (χ0) is 21.4. The maximum absolute atomic E-state index is 12.8. The summed E-state index contributed by atoms with van der Waals surface area (Å²) in [6, 6.07) is 6.17. The molecule has 0 N–H and O–H groups in total. The molecule has 1 aromatic carbocycles. The lowest BCUT2D eigenvalue weighted by Gasteiger charge is -2.34. The van der Waals surface area contributed by atoms with Crippen molar-refractivity contribution < 1.29 is 26.4 Å². The minimum absolute atomic E-state index is 0.0201. The molecule has 10 heteroatoms. The maximum Gasteiger partial charge on any atom is 0.416 e. The Hall–Kier alpha value is -1.91. The van der Waals surface area contributed by atoms with E-state index in [9.17, 15) is 26.4 Å². The van der Waals surface area contributed by atoms with E-state index in [4.69, 9.17) is 0 Å². The molecule has 1 aliphatic heterocycles. The molecule has 0 aliphatic carbocycles. The van der Waals surface area contributed by atoms with Gasteiger partial charge in [0.2, 0.25) is 15.9 Å². The molecule has 5 nitrogen and oxygen atoms in total. The summed E-state index contributed by atoms with van der Waals surface area (Å²) in [4.78, 5) is 16.0. The average Bonchev–Trinajstić information content (AvgIpc) is 3.00. The summed E-state index contributed by atoms with van der Waals surface area (Å²) in [5.41, 5.74) is -0.270. The van der Waals surface area contributed by atoms with Crippen molar-refractivity contribution in [2.24, 2.45) is 0 Å². The molecule has 3 rings (SSSR count). The minimum Gasteiger partial charge on any atom is -0.340 e. The van der Waals surface area contributed by atoms with Gasteiger partial charge in [0.05, 0.1) is 16.9 Å². The number of rotatable bonds is 4. The summed E-state index contributed by atoms with van der Waals surface area (Å²) >= 11 is 1.43. The van der Waals surface area contributed by atoms with E-state index in [0.717, 1.165) is 21.9 Å². The number of hydrogen-bond donors (Lipinski definition) is 0. The van der Waals surface area contributed by atoms with Gasteiger partial charge in [0.1, 0.15) is 0 Å². The minimum atomic E-state index is -4.41. The van der Waals surface area contributed by atoms with E-state index in [1.165, 1.54) is 27.8 Å². The zero-order valence-corrected chi connectivity index (χ0v) is 17.6. The van der Waals surface area contributed by atoms with Gasteiger partial charge in [-0.05, 0) is 37.6 Å². The van der Waals surface area contributed by atoms with E-state index < -0.39 is 21.8 Å². The summed E-state index contributed by atoms with van der Waals surface area (Å²) in [6.45, 7) is 4.51. The molecule has 0 bridgehead atoms. The molecule has 0 spiro atoms. The number of aryl methyl sites for hydroxylation is 2. The molecule has 0 radical (unpaired) electrons. The van der Waals surface area contributed by atoms with Gasteiger partial charge in [0, 0.05) is 35.9 Å². The largest absolute Gasteiger partial charge is 0.416 e. The molecular weight excluding hydrogens is 425 g/mol. The molecule has 0 unspecified atom stereocenters. The fourth-order valence-electron chi connectivity index (χ4n) is 3.28. The molecule has 0 saturated carbocycles. The summed E-state index contributed by atoms with van der Waals surface area (Å²) < 4.78 is 64.9. The van der Waals surface area contributed by atoms with Crippen molar-refractivity contribution in [3.63, 3.8) is 0 Å². The molecule has 2 aromatic rings. The fourth-order valence-corrected chi connectivity index (χ4v) is 6.22. The Bertz CT molecular complexity index is 991. The van der Waals surface area contributed by atoms with E-state index >= 15 is 0 Å². The first-order valence-corrected chi connectivity index (χ1v) is 11.3. The number of piperazine rings is 1. The van der Waals surface area contributed by atoms with Crippen LogP contribution in [0, 0.1) is 13.8 Å². The van der Waals surface area contributed by atoms with Gasteiger partial charge in [-0.25, -0.2) is 8.42 Å². The Morgan fingerprint density at radius 2 is 1.66 bits per heavy atom. The third-order valence-electron chi connectivity index (χ3n) is 4.84. The summed E-state index contributed by atoms with van der Waals surface area (Å²) in [5.74, 6) is -0.232. The molecule has 1 aliphatic rings. The first-order valence-electron chi connectivity index (χ1n) is 8.99. The van der Waals surface area contributed by atoms with Crippen LogP contribution in [0.15, 0.2) is 35.2 Å². The standard InChI is InChI=1S/C19H21F3N2O3S2/c1-13-11-17(14(2)28-13)29(26,27)24-9-7-23(8-10-24)18(25)12-15-3-5-16(6-4-15)19(20,21)22/h3-6,11H,7-10,12H2,1-2H3. The molecule has 1 fully saturated rings. The number of nitrogens with zero attached hydrogens (tertiary/aromatic N) is 2. The Morgan fingerprint density at radius 3 is 2.14 bits per heavy atom. The SMILES string of the molecule is Cc1cc(S(=O)(=O)N2CCN(C(=O)Cc3ccc(C(F)(F)F)cc3)CC2)c(C)s1. The predicted octanol–water partition coefficient (Wildman–Crippen LogP) is 3.46.